The van der Waals surface area contributed by atoms with Gasteiger partial charge < -0.3 is 15.0 Å². The van der Waals surface area contributed by atoms with Crippen molar-refractivity contribution in [3.63, 3.8) is 0 Å². The molecular weight excluding hydrogens is 354 g/mol. The minimum absolute atomic E-state index is 0.0253. The number of carbonyl (C=O) groups excluding carboxylic acids is 2. The van der Waals surface area contributed by atoms with Crippen LogP contribution in [0.5, 0.6) is 0 Å². The van der Waals surface area contributed by atoms with E-state index < -0.39 is 17.9 Å². The molecule has 0 aliphatic carbocycles. The van der Waals surface area contributed by atoms with Gasteiger partial charge in [0.2, 0.25) is 0 Å². The molecule has 6 nitrogen and oxygen atoms in total. The van der Waals surface area contributed by atoms with Crippen LogP contribution in [0.3, 0.4) is 0 Å². The van der Waals surface area contributed by atoms with Crippen LogP contribution in [0.2, 0.25) is 0 Å². The Labute approximate surface area is 165 Å². The average molecular weight is 377 g/mol. The fraction of sp³-hybridized carbons (Fsp3) is 0.227. The van der Waals surface area contributed by atoms with Gasteiger partial charge in [-0.05, 0) is 29.3 Å². The third-order valence-corrected chi connectivity index (χ3v) is 4.19. The largest absolute Gasteiger partial charge is 0.469 e. The van der Waals surface area contributed by atoms with Gasteiger partial charge in [0.15, 0.2) is 0 Å². The molecule has 144 valence electrons. The maximum atomic E-state index is 12.6. The van der Waals surface area contributed by atoms with Crippen LogP contribution >= 0.6 is 0 Å². The molecule has 1 unspecified atom stereocenters. The van der Waals surface area contributed by atoms with Crippen LogP contribution in [0, 0.1) is 11.3 Å². The Balaban J connectivity index is 2.22. The molecule has 0 aromatic heterocycles. The molecule has 0 aliphatic heterocycles. The van der Waals surface area contributed by atoms with Crippen molar-refractivity contribution >= 4 is 23.6 Å². The molecule has 0 aliphatic rings. The third-order valence-electron chi connectivity index (χ3n) is 4.19. The SMILES string of the molecule is COC(=O)CC(NC(=O)/C(C#N)=C\c1ccc(N(C)C)cc1)c1ccccc1. The monoisotopic (exact) mass is 377 g/mol. The van der Waals surface area contributed by atoms with Gasteiger partial charge >= 0.3 is 5.97 Å². The van der Waals surface area contributed by atoms with Crippen LogP contribution in [0.25, 0.3) is 6.08 Å². The van der Waals surface area contributed by atoms with Crippen LogP contribution in [0.4, 0.5) is 5.69 Å². The van der Waals surface area contributed by atoms with E-state index in [0.717, 1.165) is 16.8 Å². The molecule has 0 heterocycles. The average Bonchev–Trinajstić information content (AvgIpc) is 2.72. The van der Waals surface area contributed by atoms with E-state index in [1.807, 2.05) is 79.7 Å². The summed E-state index contributed by atoms with van der Waals surface area (Å²) < 4.78 is 4.72. The van der Waals surface area contributed by atoms with Gasteiger partial charge in [-0.1, -0.05) is 42.5 Å². The lowest BCUT2D eigenvalue weighted by molar-refractivity contribution is -0.141. The number of amides is 1. The zero-order valence-corrected chi connectivity index (χ0v) is 16.2. The zero-order chi connectivity index (χ0) is 20.5. The Morgan fingerprint density at radius 1 is 1.14 bits per heavy atom. The van der Waals surface area contributed by atoms with Crippen LogP contribution in [0.1, 0.15) is 23.6 Å². The minimum Gasteiger partial charge on any atom is -0.469 e. The highest BCUT2D eigenvalue weighted by molar-refractivity contribution is 6.02. The van der Waals surface area contributed by atoms with Gasteiger partial charge in [0, 0.05) is 19.8 Å². The van der Waals surface area contributed by atoms with Crippen molar-refractivity contribution in [3.05, 3.63) is 71.3 Å². The van der Waals surface area contributed by atoms with Crippen LogP contribution in [-0.2, 0) is 14.3 Å². The Hall–Kier alpha value is -3.59. The molecule has 0 bridgehead atoms. The standard InChI is InChI=1S/C22H23N3O3/c1-25(2)19-11-9-16(10-12-19)13-18(15-23)22(27)24-20(14-21(26)28-3)17-7-5-4-6-8-17/h4-13,20H,14H2,1-3H3,(H,24,27)/b18-13-. The Morgan fingerprint density at radius 2 is 1.79 bits per heavy atom. The van der Waals surface area contributed by atoms with E-state index in [0.29, 0.717) is 0 Å². The minimum atomic E-state index is -0.589. The Morgan fingerprint density at radius 3 is 2.32 bits per heavy atom. The number of benzene rings is 2. The fourth-order valence-electron chi connectivity index (χ4n) is 2.61. The first-order valence-electron chi connectivity index (χ1n) is 8.76. The number of ether oxygens (including phenoxy) is 1. The summed E-state index contributed by atoms with van der Waals surface area (Å²) in [5, 5.41) is 12.2. The second-order valence-corrected chi connectivity index (χ2v) is 6.37. The first-order valence-corrected chi connectivity index (χ1v) is 8.76. The molecule has 28 heavy (non-hydrogen) atoms. The summed E-state index contributed by atoms with van der Waals surface area (Å²) in [4.78, 5) is 26.3. The van der Waals surface area contributed by atoms with Crippen molar-refractivity contribution < 1.29 is 14.3 Å². The van der Waals surface area contributed by atoms with E-state index in [2.05, 4.69) is 5.32 Å². The normalized spacial score (nSPS) is 11.9. The van der Waals surface area contributed by atoms with Gasteiger partial charge in [-0.15, -0.1) is 0 Å². The summed E-state index contributed by atoms with van der Waals surface area (Å²) in [6, 6.07) is 17.9. The van der Waals surface area contributed by atoms with Crippen molar-refractivity contribution in [3.8, 4) is 6.07 Å². The molecule has 0 spiro atoms. The maximum Gasteiger partial charge on any atom is 0.307 e. The van der Waals surface area contributed by atoms with E-state index in [4.69, 9.17) is 4.74 Å². The number of nitrogens with one attached hydrogen (secondary N) is 1. The van der Waals surface area contributed by atoms with Gasteiger partial charge in [0.05, 0.1) is 19.6 Å². The second kappa shape index (κ2) is 9.93. The van der Waals surface area contributed by atoms with Crippen LogP contribution in [0.15, 0.2) is 60.2 Å². The molecule has 2 aromatic carbocycles. The Bertz CT molecular complexity index is 881. The lowest BCUT2D eigenvalue weighted by Gasteiger charge is -2.18. The summed E-state index contributed by atoms with van der Waals surface area (Å²) in [5.41, 5.74) is 2.47. The first kappa shape index (κ1) is 20.7. The molecule has 1 N–H and O–H groups in total. The third kappa shape index (κ3) is 5.71. The van der Waals surface area contributed by atoms with Crippen molar-refractivity contribution in [2.75, 3.05) is 26.1 Å². The lowest BCUT2D eigenvalue weighted by Crippen LogP contribution is -2.31. The van der Waals surface area contributed by atoms with Gasteiger partial charge in [-0.25, -0.2) is 0 Å². The van der Waals surface area contributed by atoms with Gasteiger partial charge in [-0.2, -0.15) is 5.26 Å². The summed E-state index contributed by atoms with van der Waals surface area (Å²) in [6.07, 6.45) is 1.50. The molecule has 0 fully saturated rings. The number of hydrogen-bond donors (Lipinski definition) is 1. The van der Waals surface area contributed by atoms with Crippen molar-refractivity contribution in [1.29, 1.82) is 5.26 Å². The summed E-state index contributed by atoms with van der Waals surface area (Å²) in [5.74, 6) is -0.993. The van der Waals surface area contributed by atoms with Gasteiger partial charge in [0.1, 0.15) is 11.6 Å². The van der Waals surface area contributed by atoms with Gasteiger partial charge in [0.25, 0.3) is 5.91 Å². The highest BCUT2D eigenvalue weighted by Crippen LogP contribution is 2.19. The number of esters is 1. The number of anilines is 1. The molecule has 1 atom stereocenters. The number of methoxy groups -OCH3 is 1. The predicted octanol–water partition coefficient (Wildman–Crippen LogP) is 3.08. The highest BCUT2D eigenvalue weighted by Gasteiger charge is 2.20. The molecule has 2 aromatic rings. The maximum absolute atomic E-state index is 12.6. The second-order valence-electron chi connectivity index (χ2n) is 6.37. The molecule has 2 rings (SSSR count). The van der Waals surface area contributed by atoms with Crippen LogP contribution in [-0.4, -0.2) is 33.1 Å². The summed E-state index contributed by atoms with van der Waals surface area (Å²) >= 11 is 0. The topological polar surface area (TPSA) is 82.4 Å². The molecule has 0 radical (unpaired) electrons. The smallest absolute Gasteiger partial charge is 0.307 e. The van der Waals surface area contributed by atoms with E-state index in [1.165, 1.54) is 13.2 Å². The lowest BCUT2D eigenvalue weighted by atomic mass is 10.0. The van der Waals surface area contributed by atoms with Crippen molar-refractivity contribution in [1.82, 2.24) is 5.32 Å². The highest BCUT2D eigenvalue weighted by atomic mass is 16.5. The number of carbonyl (C=O) groups is 2. The molecule has 1 amide bonds. The van der Waals surface area contributed by atoms with Crippen molar-refractivity contribution in [2.45, 2.75) is 12.5 Å². The van der Waals surface area contributed by atoms with E-state index >= 15 is 0 Å². The number of rotatable bonds is 7. The predicted molar refractivity (Wildman–Crippen MR) is 108 cm³/mol. The zero-order valence-electron chi connectivity index (χ0n) is 16.2. The fourth-order valence-corrected chi connectivity index (χ4v) is 2.61. The van der Waals surface area contributed by atoms with Crippen LogP contribution < -0.4 is 10.2 Å². The number of nitrogens with zero attached hydrogens (tertiary/aromatic N) is 2. The molecule has 6 heteroatoms. The number of nitriles is 1. The Kier molecular flexibility index (Phi) is 7.35. The number of hydrogen-bond acceptors (Lipinski definition) is 5. The van der Waals surface area contributed by atoms with Crippen molar-refractivity contribution in [2.24, 2.45) is 0 Å². The van der Waals surface area contributed by atoms with E-state index in [1.54, 1.807) is 0 Å². The quantitative estimate of drug-likeness (QED) is 0.455. The first-order chi connectivity index (χ1) is 13.4. The summed E-state index contributed by atoms with van der Waals surface area (Å²) in [6.45, 7) is 0. The summed E-state index contributed by atoms with van der Waals surface area (Å²) in [7, 11) is 5.16. The molecule has 0 saturated carbocycles. The molecule has 0 saturated heterocycles. The van der Waals surface area contributed by atoms with E-state index in [-0.39, 0.29) is 12.0 Å². The van der Waals surface area contributed by atoms with E-state index in [9.17, 15) is 14.9 Å². The molecular formula is C22H23N3O3. The van der Waals surface area contributed by atoms with Gasteiger partial charge in [-0.3, -0.25) is 9.59 Å².